The molecular formula is C17H18F3N. The van der Waals surface area contributed by atoms with Crippen LogP contribution in [-0.2, 0) is 0 Å². The average Bonchev–Trinajstić information content (AvgIpc) is 2.51. The lowest BCUT2D eigenvalue weighted by Crippen LogP contribution is -2.19. The van der Waals surface area contributed by atoms with Crippen LogP contribution in [0.5, 0.6) is 0 Å². The molecule has 1 nitrogen and oxygen atoms in total. The summed E-state index contributed by atoms with van der Waals surface area (Å²) >= 11 is 0. The van der Waals surface area contributed by atoms with Crippen molar-refractivity contribution in [1.29, 1.82) is 0 Å². The summed E-state index contributed by atoms with van der Waals surface area (Å²) in [5, 5.41) is 3.35. The van der Waals surface area contributed by atoms with E-state index in [1.54, 1.807) is 12.1 Å². The lowest BCUT2D eigenvalue weighted by Gasteiger charge is -2.16. The molecule has 0 aromatic heterocycles. The molecule has 0 bridgehead atoms. The Hall–Kier alpha value is -1.81. The van der Waals surface area contributed by atoms with E-state index in [9.17, 15) is 13.2 Å². The summed E-state index contributed by atoms with van der Waals surface area (Å²) in [5.74, 6) is -3.76. The molecule has 0 aliphatic heterocycles. The minimum atomic E-state index is -1.43. The van der Waals surface area contributed by atoms with Gasteiger partial charge >= 0.3 is 0 Å². The third kappa shape index (κ3) is 3.27. The fourth-order valence-electron chi connectivity index (χ4n) is 2.39. The van der Waals surface area contributed by atoms with Gasteiger partial charge in [-0.05, 0) is 36.2 Å². The summed E-state index contributed by atoms with van der Waals surface area (Å²) in [4.78, 5) is 0. The number of hydrogen-bond acceptors (Lipinski definition) is 1. The van der Waals surface area contributed by atoms with Crippen LogP contribution in [0.4, 0.5) is 13.2 Å². The topological polar surface area (TPSA) is 12.0 Å². The maximum Gasteiger partial charge on any atom is 0.195 e. The smallest absolute Gasteiger partial charge is 0.195 e. The van der Waals surface area contributed by atoms with Crippen molar-refractivity contribution < 1.29 is 13.2 Å². The zero-order valence-corrected chi connectivity index (χ0v) is 12.1. The van der Waals surface area contributed by atoms with Crippen molar-refractivity contribution in [3.8, 4) is 11.1 Å². The highest BCUT2D eigenvalue weighted by molar-refractivity contribution is 5.64. The van der Waals surface area contributed by atoms with E-state index in [1.165, 1.54) is 6.07 Å². The summed E-state index contributed by atoms with van der Waals surface area (Å²) in [6, 6.07) is 9.65. The van der Waals surface area contributed by atoms with Crippen molar-refractivity contribution in [2.75, 3.05) is 6.54 Å². The summed E-state index contributed by atoms with van der Waals surface area (Å²) in [6.07, 6.45) is 0.937. The highest BCUT2D eigenvalue weighted by Crippen LogP contribution is 2.27. The predicted molar refractivity (Wildman–Crippen MR) is 78.5 cm³/mol. The molecule has 2 rings (SSSR count). The SMILES string of the molecule is CCNC(CC)c1ccc(-c2ccc(F)c(F)c2F)cc1. The van der Waals surface area contributed by atoms with Gasteiger partial charge in [0, 0.05) is 11.6 Å². The first-order chi connectivity index (χ1) is 10.1. The number of halogens is 3. The molecule has 0 aliphatic rings. The van der Waals surface area contributed by atoms with Gasteiger partial charge in [0.1, 0.15) is 0 Å². The monoisotopic (exact) mass is 293 g/mol. The van der Waals surface area contributed by atoms with Crippen LogP contribution >= 0.6 is 0 Å². The van der Waals surface area contributed by atoms with E-state index in [1.807, 2.05) is 19.1 Å². The van der Waals surface area contributed by atoms with E-state index in [0.29, 0.717) is 5.56 Å². The van der Waals surface area contributed by atoms with Crippen molar-refractivity contribution >= 4 is 0 Å². The first kappa shape index (κ1) is 15.6. The number of rotatable bonds is 5. The van der Waals surface area contributed by atoms with Crippen molar-refractivity contribution in [2.45, 2.75) is 26.3 Å². The first-order valence-electron chi connectivity index (χ1n) is 7.05. The van der Waals surface area contributed by atoms with Crippen LogP contribution in [0.1, 0.15) is 31.9 Å². The second-order valence-electron chi connectivity index (χ2n) is 4.86. The Bertz CT molecular complexity index is 608. The van der Waals surface area contributed by atoms with Crippen LogP contribution in [0.15, 0.2) is 36.4 Å². The molecule has 1 unspecified atom stereocenters. The van der Waals surface area contributed by atoms with Gasteiger partial charge < -0.3 is 5.32 Å². The summed E-state index contributed by atoms with van der Waals surface area (Å²) in [5.41, 5.74) is 1.68. The van der Waals surface area contributed by atoms with Crippen LogP contribution in [-0.4, -0.2) is 6.54 Å². The van der Waals surface area contributed by atoms with Gasteiger partial charge in [-0.2, -0.15) is 0 Å². The Kier molecular flexibility index (Phi) is 5.02. The van der Waals surface area contributed by atoms with E-state index >= 15 is 0 Å². The zero-order chi connectivity index (χ0) is 15.4. The second kappa shape index (κ2) is 6.76. The summed E-state index contributed by atoms with van der Waals surface area (Å²) in [7, 11) is 0. The molecule has 2 aromatic carbocycles. The fourth-order valence-corrected chi connectivity index (χ4v) is 2.39. The first-order valence-corrected chi connectivity index (χ1v) is 7.05. The standard InChI is InChI=1S/C17H18F3N/c1-3-15(21-4-2)12-7-5-11(6-8-12)13-9-10-14(18)17(20)16(13)19/h5-10,15,21H,3-4H2,1-2H3. The summed E-state index contributed by atoms with van der Waals surface area (Å²) in [6.45, 7) is 4.97. The van der Waals surface area contributed by atoms with Gasteiger partial charge in [0.2, 0.25) is 0 Å². The Morgan fingerprint density at radius 2 is 1.57 bits per heavy atom. The summed E-state index contributed by atoms with van der Waals surface area (Å²) < 4.78 is 40.0. The van der Waals surface area contributed by atoms with E-state index < -0.39 is 17.5 Å². The average molecular weight is 293 g/mol. The van der Waals surface area contributed by atoms with Crippen LogP contribution in [0, 0.1) is 17.5 Å². The van der Waals surface area contributed by atoms with Crippen LogP contribution < -0.4 is 5.32 Å². The molecule has 1 atom stereocenters. The Morgan fingerprint density at radius 3 is 2.14 bits per heavy atom. The van der Waals surface area contributed by atoms with Crippen molar-refractivity contribution in [2.24, 2.45) is 0 Å². The molecule has 21 heavy (non-hydrogen) atoms. The molecule has 0 radical (unpaired) electrons. The highest BCUT2D eigenvalue weighted by Gasteiger charge is 2.15. The van der Waals surface area contributed by atoms with Gasteiger partial charge in [-0.3, -0.25) is 0 Å². The Balaban J connectivity index is 2.33. The third-order valence-corrected chi connectivity index (χ3v) is 3.52. The van der Waals surface area contributed by atoms with Crippen molar-refractivity contribution in [1.82, 2.24) is 5.32 Å². The fraction of sp³-hybridized carbons (Fsp3) is 0.294. The number of benzene rings is 2. The van der Waals surface area contributed by atoms with Gasteiger partial charge in [-0.1, -0.05) is 38.1 Å². The maximum atomic E-state index is 13.8. The Morgan fingerprint density at radius 1 is 0.905 bits per heavy atom. The van der Waals surface area contributed by atoms with Crippen molar-refractivity contribution in [3.63, 3.8) is 0 Å². The number of nitrogens with one attached hydrogen (secondary N) is 1. The van der Waals surface area contributed by atoms with Crippen molar-refractivity contribution in [3.05, 3.63) is 59.4 Å². The van der Waals surface area contributed by atoms with E-state index in [0.717, 1.165) is 24.6 Å². The van der Waals surface area contributed by atoms with Gasteiger partial charge in [0.05, 0.1) is 0 Å². The molecule has 0 heterocycles. The minimum absolute atomic E-state index is 0.0666. The van der Waals surface area contributed by atoms with E-state index in [2.05, 4.69) is 12.2 Å². The molecule has 112 valence electrons. The maximum absolute atomic E-state index is 13.8. The lowest BCUT2D eigenvalue weighted by atomic mass is 9.99. The van der Waals surface area contributed by atoms with E-state index in [-0.39, 0.29) is 11.6 Å². The molecule has 0 saturated heterocycles. The normalized spacial score (nSPS) is 12.4. The lowest BCUT2D eigenvalue weighted by molar-refractivity contribution is 0.449. The Labute approximate surface area is 122 Å². The molecule has 0 amide bonds. The van der Waals surface area contributed by atoms with Gasteiger partial charge in [-0.25, -0.2) is 13.2 Å². The molecule has 2 aromatic rings. The minimum Gasteiger partial charge on any atom is -0.310 e. The molecule has 0 fully saturated rings. The molecule has 4 heteroatoms. The van der Waals surface area contributed by atoms with Gasteiger partial charge in [0.15, 0.2) is 17.5 Å². The molecule has 1 N–H and O–H groups in total. The van der Waals surface area contributed by atoms with Crippen LogP contribution in [0.25, 0.3) is 11.1 Å². The molecule has 0 aliphatic carbocycles. The predicted octanol–water partition coefficient (Wildman–Crippen LogP) is 4.83. The largest absolute Gasteiger partial charge is 0.310 e. The second-order valence-corrected chi connectivity index (χ2v) is 4.86. The third-order valence-electron chi connectivity index (χ3n) is 3.52. The van der Waals surface area contributed by atoms with Crippen LogP contribution in [0.2, 0.25) is 0 Å². The molecule has 0 spiro atoms. The molecule has 0 saturated carbocycles. The molecular weight excluding hydrogens is 275 g/mol. The van der Waals surface area contributed by atoms with Gasteiger partial charge in [0.25, 0.3) is 0 Å². The highest BCUT2D eigenvalue weighted by atomic mass is 19.2. The zero-order valence-electron chi connectivity index (χ0n) is 12.1. The quantitative estimate of drug-likeness (QED) is 0.778. The number of hydrogen-bond donors (Lipinski definition) is 1. The van der Waals surface area contributed by atoms with E-state index in [4.69, 9.17) is 0 Å². The van der Waals surface area contributed by atoms with Crippen LogP contribution in [0.3, 0.4) is 0 Å². The van der Waals surface area contributed by atoms with Gasteiger partial charge in [-0.15, -0.1) is 0 Å².